The average Bonchev–Trinajstić information content (AvgIpc) is 3.50. The molecule has 1 aromatic carbocycles. The molecule has 0 bridgehead atoms. The topological polar surface area (TPSA) is 81.8 Å². The Hall–Kier alpha value is -2.12. The number of piperazine rings is 1. The van der Waals surface area contributed by atoms with Crippen molar-refractivity contribution in [1.29, 1.82) is 0 Å². The highest BCUT2D eigenvalue weighted by molar-refractivity contribution is 6.30. The van der Waals surface area contributed by atoms with E-state index in [-0.39, 0.29) is 23.6 Å². The van der Waals surface area contributed by atoms with Gasteiger partial charge in [0.2, 0.25) is 11.8 Å². The van der Waals surface area contributed by atoms with Gasteiger partial charge in [-0.3, -0.25) is 19.3 Å². The van der Waals surface area contributed by atoms with Crippen molar-refractivity contribution in [2.24, 2.45) is 5.92 Å². The third kappa shape index (κ3) is 6.18. The number of hydrogen-bond donors (Lipinski definition) is 2. The van der Waals surface area contributed by atoms with Gasteiger partial charge in [-0.25, -0.2) is 0 Å². The largest absolute Gasteiger partial charge is 0.352 e. The SMILES string of the molecule is CC(C)C(NC(=O)c1ccc(Cl)cc1)C(=O)N1CCN(CC(=O)NC2CC2)CC1. The molecule has 0 aromatic heterocycles. The molecule has 8 heteroatoms. The van der Waals surface area contributed by atoms with Crippen molar-refractivity contribution in [3.8, 4) is 0 Å². The first-order valence-corrected chi connectivity index (χ1v) is 10.6. The van der Waals surface area contributed by atoms with Crippen LogP contribution in [0.5, 0.6) is 0 Å². The molecule has 2 fully saturated rings. The number of nitrogens with one attached hydrogen (secondary N) is 2. The summed E-state index contributed by atoms with van der Waals surface area (Å²) < 4.78 is 0. The van der Waals surface area contributed by atoms with Crippen LogP contribution in [0.3, 0.4) is 0 Å². The summed E-state index contributed by atoms with van der Waals surface area (Å²) in [5, 5.41) is 6.42. The van der Waals surface area contributed by atoms with Crippen LogP contribution in [0.15, 0.2) is 24.3 Å². The maximum absolute atomic E-state index is 13.0. The average molecular weight is 421 g/mol. The van der Waals surface area contributed by atoms with Crippen LogP contribution in [0.4, 0.5) is 0 Å². The number of halogens is 1. The molecule has 158 valence electrons. The molecule has 1 saturated carbocycles. The van der Waals surface area contributed by atoms with E-state index in [0.29, 0.717) is 49.4 Å². The van der Waals surface area contributed by atoms with Gasteiger partial charge in [-0.1, -0.05) is 25.4 Å². The predicted molar refractivity (Wildman–Crippen MR) is 112 cm³/mol. The van der Waals surface area contributed by atoms with Gasteiger partial charge in [0.1, 0.15) is 6.04 Å². The maximum atomic E-state index is 13.0. The lowest BCUT2D eigenvalue weighted by atomic mass is 10.0. The molecule has 3 rings (SSSR count). The van der Waals surface area contributed by atoms with E-state index in [0.717, 1.165) is 12.8 Å². The lowest BCUT2D eigenvalue weighted by Gasteiger charge is -2.37. The van der Waals surface area contributed by atoms with Gasteiger partial charge in [-0.15, -0.1) is 0 Å². The molecule has 7 nitrogen and oxygen atoms in total. The first-order valence-electron chi connectivity index (χ1n) is 10.2. The molecule has 0 spiro atoms. The molecular formula is C21H29ClN4O3. The Labute approximate surface area is 176 Å². The van der Waals surface area contributed by atoms with Gasteiger partial charge in [0.25, 0.3) is 5.91 Å². The van der Waals surface area contributed by atoms with Gasteiger partial charge >= 0.3 is 0 Å². The molecule has 3 amide bonds. The second-order valence-corrected chi connectivity index (χ2v) is 8.58. The molecule has 1 atom stereocenters. The second kappa shape index (κ2) is 9.59. The van der Waals surface area contributed by atoms with E-state index >= 15 is 0 Å². The molecule has 1 saturated heterocycles. The number of benzene rings is 1. The predicted octanol–water partition coefficient (Wildman–Crippen LogP) is 1.52. The Morgan fingerprint density at radius 2 is 1.69 bits per heavy atom. The molecule has 1 unspecified atom stereocenters. The van der Waals surface area contributed by atoms with Crippen molar-refractivity contribution in [2.45, 2.75) is 38.8 Å². The number of carbonyl (C=O) groups excluding carboxylic acids is 3. The maximum Gasteiger partial charge on any atom is 0.251 e. The van der Waals surface area contributed by atoms with Crippen molar-refractivity contribution in [3.63, 3.8) is 0 Å². The first-order chi connectivity index (χ1) is 13.8. The number of nitrogens with zero attached hydrogens (tertiary/aromatic N) is 2. The lowest BCUT2D eigenvalue weighted by Crippen LogP contribution is -2.57. The summed E-state index contributed by atoms with van der Waals surface area (Å²) in [6.45, 7) is 6.62. The third-order valence-electron chi connectivity index (χ3n) is 5.32. The number of amides is 3. The Morgan fingerprint density at radius 1 is 1.07 bits per heavy atom. The molecule has 0 radical (unpaired) electrons. The van der Waals surface area contributed by atoms with E-state index < -0.39 is 6.04 Å². The van der Waals surface area contributed by atoms with Crippen molar-refractivity contribution < 1.29 is 14.4 Å². The van der Waals surface area contributed by atoms with Crippen LogP contribution < -0.4 is 10.6 Å². The fraction of sp³-hybridized carbons (Fsp3) is 0.571. The summed E-state index contributed by atoms with van der Waals surface area (Å²) in [4.78, 5) is 41.4. The van der Waals surface area contributed by atoms with Gasteiger partial charge in [-0.2, -0.15) is 0 Å². The van der Waals surface area contributed by atoms with E-state index in [9.17, 15) is 14.4 Å². The fourth-order valence-corrected chi connectivity index (χ4v) is 3.49. The minimum atomic E-state index is -0.595. The Bertz CT molecular complexity index is 741. The lowest BCUT2D eigenvalue weighted by molar-refractivity contribution is -0.136. The molecule has 1 aliphatic heterocycles. The zero-order valence-electron chi connectivity index (χ0n) is 17.0. The third-order valence-corrected chi connectivity index (χ3v) is 5.57. The first kappa shape index (κ1) is 21.6. The van der Waals surface area contributed by atoms with E-state index in [1.807, 2.05) is 13.8 Å². The van der Waals surface area contributed by atoms with Crippen LogP contribution in [0.2, 0.25) is 5.02 Å². The zero-order chi connectivity index (χ0) is 21.0. The van der Waals surface area contributed by atoms with Crippen molar-refractivity contribution in [3.05, 3.63) is 34.9 Å². The summed E-state index contributed by atoms with van der Waals surface area (Å²) in [5.74, 6) is -0.350. The molecule has 29 heavy (non-hydrogen) atoms. The smallest absolute Gasteiger partial charge is 0.251 e. The molecular weight excluding hydrogens is 392 g/mol. The molecule has 1 heterocycles. The van der Waals surface area contributed by atoms with E-state index in [2.05, 4.69) is 15.5 Å². The molecule has 2 N–H and O–H groups in total. The van der Waals surface area contributed by atoms with E-state index in [1.54, 1.807) is 29.2 Å². The highest BCUT2D eigenvalue weighted by atomic mass is 35.5. The highest BCUT2D eigenvalue weighted by Gasteiger charge is 2.31. The van der Waals surface area contributed by atoms with Crippen molar-refractivity contribution >= 4 is 29.3 Å². The Morgan fingerprint density at radius 3 is 2.24 bits per heavy atom. The van der Waals surface area contributed by atoms with Gasteiger partial charge < -0.3 is 15.5 Å². The van der Waals surface area contributed by atoms with Crippen molar-refractivity contribution in [1.82, 2.24) is 20.4 Å². The van der Waals surface area contributed by atoms with Crippen LogP contribution in [-0.4, -0.2) is 72.3 Å². The zero-order valence-corrected chi connectivity index (χ0v) is 17.7. The Kier molecular flexibility index (Phi) is 7.14. The number of hydrogen-bond acceptors (Lipinski definition) is 4. The van der Waals surface area contributed by atoms with Crippen LogP contribution in [-0.2, 0) is 9.59 Å². The summed E-state index contributed by atoms with van der Waals surface area (Å²) in [7, 11) is 0. The molecule has 2 aliphatic rings. The summed E-state index contributed by atoms with van der Waals surface area (Å²) >= 11 is 5.87. The number of rotatable bonds is 7. The van der Waals surface area contributed by atoms with Gasteiger partial charge in [-0.05, 0) is 43.0 Å². The standard InChI is InChI=1S/C21H29ClN4O3/c1-14(2)19(24-20(28)15-3-5-16(22)6-4-15)21(29)26-11-9-25(10-12-26)13-18(27)23-17-7-8-17/h3-6,14,17,19H,7-13H2,1-2H3,(H,23,27)(H,24,28). The summed E-state index contributed by atoms with van der Waals surface area (Å²) in [6, 6.07) is 6.36. The van der Waals surface area contributed by atoms with Crippen LogP contribution >= 0.6 is 11.6 Å². The summed E-state index contributed by atoms with van der Waals surface area (Å²) in [6.07, 6.45) is 2.15. The minimum absolute atomic E-state index is 0.0406. The fourth-order valence-electron chi connectivity index (χ4n) is 3.37. The van der Waals surface area contributed by atoms with Gasteiger partial charge in [0.15, 0.2) is 0 Å². The molecule has 1 aromatic rings. The summed E-state index contributed by atoms with van der Waals surface area (Å²) in [5.41, 5.74) is 0.472. The second-order valence-electron chi connectivity index (χ2n) is 8.15. The van der Waals surface area contributed by atoms with E-state index in [4.69, 9.17) is 11.6 Å². The Balaban J connectivity index is 1.52. The highest BCUT2D eigenvalue weighted by Crippen LogP contribution is 2.18. The van der Waals surface area contributed by atoms with Crippen LogP contribution in [0, 0.1) is 5.92 Å². The van der Waals surface area contributed by atoms with E-state index in [1.165, 1.54) is 0 Å². The van der Waals surface area contributed by atoms with Crippen LogP contribution in [0.1, 0.15) is 37.0 Å². The number of carbonyl (C=O) groups is 3. The minimum Gasteiger partial charge on any atom is -0.352 e. The quantitative estimate of drug-likeness (QED) is 0.700. The molecule has 1 aliphatic carbocycles. The monoisotopic (exact) mass is 420 g/mol. The van der Waals surface area contributed by atoms with Crippen LogP contribution in [0.25, 0.3) is 0 Å². The van der Waals surface area contributed by atoms with Gasteiger partial charge in [0.05, 0.1) is 6.54 Å². The normalized spacial score (nSPS) is 18.4. The van der Waals surface area contributed by atoms with Crippen molar-refractivity contribution in [2.75, 3.05) is 32.7 Å². The van der Waals surface area contributed by atoms with Gasteiger partial charge in [0, 0.05) is 42.8 Å².